The van der Waals surface area contributed by atoms with Gasteiger partial charge in [0.2, 0.25) is 5.60 Å². The molecule has 7 heteroatoms. The first-order chi connectivity index (χ1) is 12.0. The molecule has 136 valence electrons. The van der Waals surface area contributed by atoms with E-state index in [2.05, 4.69) is 5.32 Å². The Labute approximate surface area is 146 Å². The number of urea groups is 1. The third-order valence-electron chi connectivity index (χ3n) is 5.04. The van der Waals surface area contributed by atoms with Gasteiger partial charge in [0, 0.05) is 38.0 Å². The molecule has 2 amide bonds. The van der Waals surface area contributed by atoms with E-state index in [0.717, 1.165) is 25.7 Å². The van der Waals surface area contributed by atoms with E-state index in [4.69, 9.17) is 4.74 Å². The van der Waals surface area contributed by atoms with Crippen molar-refractivity contribution in [2.75, 3.05) is 13.1 Å². The van der Waals surface area contributed by atoms with Crippen molar-refractivity contribution in [3.63, 3.8) is 0 Å². The minimum Gasteiger partial charge on any atom is -0.478 e. The average Bonchev–Trinajstić information content (AvgIpc) is 3.08. The van der Waals surface area contributed by atoms with E-state index in [1.165, 1.54) is 24.3 Å². The first-order valence-corrected chi connectivity index (χ1v) is 8.72. The zero-order chi connectivity index (χ0) is 17.9. The fourth-order valence-electron chi connectivity index (χ4n) is 3.52. The largest absolute Gasteiger partial charge is 0.478 e. The lowest BCUT2D eigenvalue weighted by Gasteiger charge is -2.39. The normalized spacial score (nSPS) is 20.3. The van der Waals surface area contributed by atoms with Gasteiger partial charge in [0.15, 0.2) is 0 Å². The molecule has 1 saturated heterocycles. The van der Waals surface area contributed by atoms with E-state index < -0.39 is 17.4 Å². The topological polar surface area (TPSA) is 78.9 Å². The van der Waals surface area contributed by atoms with E-state index >= 15 is 0 Å². The van der Waals surface area contributed by atoms with Crippen molar-refractivity contribution in [1.29, 1.82) is 0 Å². The molecule has 0 unspecified atom stereocenters. The van der Waals surface area contributed by atoms with Crippen molar-refractivity contribution in [3.05, 3.63) is 30.1 Å². The lowest BCUT2D eigenvalue weighted by molar-refractivity contribution is -0.159. The van der Waals surface area contributed by atoms with Crippen LogP contribution in [0.3, 0.4) is 0 Å². The molecule has 0 bridgehead atoms. The van der Waals surface area contributed by atoms with Crippen LogP contribution in [0, 0.1) is 5.82 Å². The van der Waals surface area contributed by atoms with Crippen molar-refractivity contribution < 1.29 is 23.8 Å². The Morgan fingerprint density at radius 3 is 2.52 bits per heavy atom. The predicted molar refractivity (Wildman–Crippen MR) is 89.0 cm³/mol. The third-order valence-corrected chi connectivity index (χ3v) is 5.04. The number of likely N-dealkylation sites (tertiary alicyclic amines) is 1. The zero-order valence-corrected chi connectivity index (χ0v) is 14.0. The standard InChI is InChI=1S/C18H23FN2O4/c19-13-4-3-7-15(12-13)25-18(16(22)23)8-10-21(11-9-18)17(24)20-14-5-1-2-6-14/h3-4,7,12,14H,1-2,5-6,8-11H2,(H,20,24)(H,22,23). The number of halogens is 1. The van der Waals surface area contributed by atoms with Gasteiger partial charge < -0.3 is 20.1 Å². The molecule has 1 saturated carbocycles. The Hall–Kier alpha value is -2.31. The number of hydrogen-bond donors (Lipinski definition) is 2. The first-order valence-electron chi connectivity index (χ1n) is 8.72. The predicted octanol–water partition coefficient (Wildman–Crippen LogP) is 2.78. The van der Waals surface area contributed by atoms with E-state index in [1.54, 1.807) is 4.90 Å². The van der Waals surface area contributed by atoms with Gasteiger partial charge >= 0.3 is 12.0 Å². The van der Waals surface area contributed by atoms with Crippen LogP contribution in [0.2, 0.25) is 0 Å². The molecule has 1 aliphatic heterocycles. The number of piperidine rings is 1. The molecule has 0 spiro atoms. The Morgan fingerprint density at radius 2 is 1.92 bits per heavy atom. The molecule has 0 atom stereocenters. The van der Waals surface area contributed by atoms with Crippen LogP contribution in [0.15, 0.2) is 24.3 Å². The molecular formula is C18H23FN2O4. The summed E-state index contributed by atoms with van der Waals surface area (Å²) in [7, 11) is 0. The van der Waals surface area contributed by atoms with Crippen LogP contribution in [0.4, 0.5) is 9.18 Å². The van der Waals surface area contributed by atoms with Gasteiger partial charge in [-0.2, -0.15) is 0 Å². The molecule has 2 fully saturated rings. The molecule has 2 N–H and O–H groups in total. The van der Waals surface area contributed by atoms with E-state index in [0.29, 0.717) is 13.1 Å². The number of hydrogen-bond acceptors (Lipinski definition) is 3. The zero-order valence-electron chi connectivity index (χ0n) is 14.0. The summed E-state index contributed by atoms with van der Waals surface area (Å²) in [6.07, 6.45) is 4.60. The summed E-state index contributed by atoms with van der Waals surface area (Å²) in [5.74, 6) is -1.38. The van der Waals surface area contributed by atoms with Gasteiger partial charge in [-0.1, -0.05) is 18.9 Å². The minimum absolute atomic E-state index is 0.142. The summed E-state index contributed by atoms with van der Waals surface area (Å²) >= 11 is 0. The molecule has 1 aromatic carbocycles. The van der Waals surface area contributed by atoms with Gasteiger partial charge in [0.05, 0.1) is 0 Å². The van der Waals surface area contributed by atoms with Crippen molar-refractivity contribution in [2.24, 2.45) is 0 Å². The SMILES string of the molecule is O=C(NC1CCCC1)N1CCC(Oc2cccc(F)c2)(C(=O)O)CC1. The maximum absolute atomic E-state index is 13.3. The molecule has 1 heterocycles. The highest BCUT2D eigenvalue weighted by Gasteiger charge is 2.45. The number of carbonyl (C=O) groups excluding carboxylic acids is 1. The van der Waals surface area contributed by atoms with E-state index in [1.807, 2.05) is 0 Å². The Morgan fingerprint density at radius 1 is 1.24 bits per heavy atom. The molecule has 3 rings (SSSR count). The molecule has 0 aromatic heterocycles. The average molecular weight is 350 g/mol. The molecule has 6 nitrogen and oxygen atoms in total. The fraction of sp³-hybridized carbons (Fsp3) is 0.556. The van der Waals surface area contributed by atoms with Crippen molar-refractivity contribution in [2.45, 2.75) is 50.2 Å². The number of benzene rings is 1. The van der Waals surface area contributed by atoms with Crippen LogP contribution >= 0.6 is 0 Å². The quantitative estimate of drug-likeness (QED) is 0.875. The number of carbonyl (C=O) groups is 2. The fourth-order valence-corrected chi connectivity index (χ4v) is 3.52. The maximum atomic E-state index is 13.3. The maximum Gasteiger partial charge on any atom is 0.348 e. The monoisotopic (exact) mass is 350 g/mol. The second kappa shape index (κ2) is 7.29. The van der Waals surface area contributed by atoms with Crippen molar-refractivity contribution >= 4 is 12.0 Å². The van der Waals surface area contributed by atoms with Crippen LogP contribution in [0.25, 0.3) is 0 Å². The van der Waals surface area contributed by atoms with Gasteiger partial charge in [0.25, 0.3) is 0 Å². The molecule has 1 aliphatic carbocycles. The van der Waals surface area contributed by atoms with E-state index in [9.17, 15) is 19.1 Å². The van der Waals surface area contributed by atoms with Crippen LogP contribution in [0.5, 0.6) is 5.75 Å². The summed E-state index contributed by atoms with van der Waals surface area (Å²) in [6, 6.07) is 5.54. The summed E-state index contributed by atoms with van der Waals surface area (Å²) in [4.78, 5) is 25.7. The number of nitrogens with one attached hydrogen (secondary N) is 1. The third kappa shape index (κ3) is 4.03. The summed E-state index contributed by atoms with van der Waals surface area (Å²) < 4.78 is 19.0. The Balaban J connectivity index is 1.62. The summed E-state index contributed by atoms with van der Waals surface area (Å²) in [6.45, 7) is 0.584. The second-order valence-electron chi connectivity index (χ2n) is 6.78. The number of carboxylic acids is 1. The van der Waals surface area contributed by atoms with Gasteiger partial charge in [-0.15, -0.1) is 0 Å². The van der Waals surface area contributed by atoms with Crippen LogP contribution in [-0.4, -0.2) is 46.7 Å². The summed E-state index contributed by atoms with van der Waals surface area (Å²) in [5, 5.41) is 12.6. The highest BCUT2D eigenvalue weighted by molar-refractivity contribution is 5.79. The van der Waals surface area contributed by atoms with Crippen molar-refractivity contribution in [3.8, 4) is 5.75 Å². The number of ether oxygens (including phenoxy) is 1. The Kier molecular flexibility index (Phi) is 5.11. The molecule has 0 radical (unpaired) electrons. The van der Waals surface area contributed by atoms with E-state index in [-0.39, 0.29) is 30.7 Å². The van der Waals surface area contributed by atoms with Gasteiger partial charge in [-0.25, -0.2) is 14.0 Å². The number of nitrogens with zero attached hydrogens (tertiary/aromatic N) is 1. The summed E-state index contributed by atoms with van der Waals surface area (Å²) in [5.41, 5.74) is -1.43. The van der Waals surface area contributed by atoms with Gasteiger partial charge in [-0.3, -0.25) is 0 Å². The smallest absolute Gasteiger partial charge is 0.348 e. The van der Waals surface area contributed by atoms with Gasteiger partial charge in [-0.05, 0) is 25.0 Å². The molecule has 2 aliphatic rings. The molecule has 25 heavy (non-hydrogen) atoms. The van der Waals surface area contributed by atoms with Crippen LogP contribution in [-0.2, 0) is 4.79 Å². The number of aliphatic carboxylic acids is 1. The number of rotatable bonds is 4. The number of amides is 2. The van der Waals surface area contributed by atoms with Crippen molar-refractivity contribution in [1.82, 2.24) is 10.2 Å². The lowest BCUT2D eigenvalue weighted by atomic mass is 9.91. The number of carboxylic acid groups (broad SMARTS) is 1. The minimum atomic E-state index is -1.43. The van der Waals surface area contributed by atoms with Crippen LogP contribution < -0.4 is 10.1 Å². The highest BCUT2D eigenvalue weighted by Crippen LogP contribution is 2.30. The molecule has 1 aromatic rings. The Bertz CT molecular complexity index is 638. The first kappa shape index (κ1) is 17.5. The lowest BCUT2D eigenvalue weighted by Crippen LogP contribution is -2.56. The van der Waals surface area contributed by atoms with Gasteiger partial charge in [0.1, 0.15) is 11.6 Å². The van der Waals surface area contributed by atoms with Crippen LogP contribution in [0.1, 0.15) is 38.5 Å². The second-order valence-corrected chi connectivity index (χ2v) is 6.78. The highest BCUT2D eigenvalue weighted by atomic mass is 19.1. The molecular weight excluding hydrogens is 327 g/mol.